The molecule has 1 aromatic carbocycles. The monoisotopic (exact) mass is 274 g/mol. The number of amides is 2. The summed E-state index contributed by atoms with van der Waals surface area (Å²) in [6.45, 7) is 6.07. The highest BCUT2D eigenvalue weighted by molar-refractivity contribution is 5.77. The third kappa shape index (κ3) is 1.73. The van der Waals surface area contributed by atoms with Crippen molar-refractivity contribution in [2.75, 3.05) is 13.7 Å². The van der Waals surface area contributed by atoms with Crippen molar-refractivity contribution in [1.29, 1.82) is 0 Å². The SMILES string of the molecule is C=CCN1C(=O)NC2CC1(C)Oc1c(OC)cccc12. The predicted octanol–water partition coefficient (Wildman–Crippen LogP) is 2.45. The van der Waals surface area contributed by atoms with E-state index in [0.717, 1.165) is 5.56 Å². The number of ether oxygens (including phenoxy) is 2. The zero-order chi connectivity index (χ0) is 14.3. The van der Waals surface area contributed by atoms with Gasteiger partial charge in [0.15, 0.2) is 17.2 Å². The molecule has 2 unspecified atom stereocenters. The number of carbonyl (C=O) groups is 1. The number of urea groups is 1. The summed E-state index contributed by atoms with van der Waals surface area (Å²) in [4.78, 5) is 13.9. The van der Waals surface area contributed by atoms with Gasteiger partial charge in [-0.15, -0.1) is 6.58 Å². The quantitative estimate of drug-likeness (QED) is 0.861. The van der Waals surface area contributed by atoms with Gasteiger partial charge in [-0.25, -0.2) is 4.79 Å². The van der Waals surface area contributed by atoms with Crippen molar-refractivity contribution < 1.29 is 14.3 Å². The lowest BCUT2D eigenvalue weighted by atomic mass is 9.90. The second-order valence-corrected chi connectivity index (χ2v) is 5.26. The Bertz CT molecular complexity index is 572. The molecule has 2 amide bonds. The van der Waals surface area contributed by atoms with E-state index in [2.05, 4.69) is 11.9 Å². The Morgan fingerprint density at radius 2 is 2.45 bits per heavy atom. The van der Waals surface area contributed by atoms with Crippen molar-refractivity contribution in [3.05, 3.63) is 36.4 Å². The van der Waals surface area contributed by atoms with Gasteiger partial charge in [0.1, 0.15) is 0 Å². The van der Waals surface area contributed by atoms with Crippen LogP contribution in [0.4, 0.5) is 4.79 Å². The van der Waals surface area contributed by atoms with Crippen molar-refractivity contribution in [2.24, 2.45) is 0 Å². The number of rotatable bonds is 3. The second kappa shape index (κ2) is 4.44. The van der Waals surface area contributed by atoms with Gasteiger partial charge in [-0.05, 0) is 13.0 Å². The van der Waals surface area contributed by atoms with E-state index in [1.807, 2.05) is 25.1 Å². The van der Waals surface area contributed by atoms with Crippen LogP contribution in [-0.4, -0.2) is 30.3 Å². The number of hydrogen-bond acceptors (Lipinski definition) is 3. The molecule has 20 heavy (non-hydrogen) atoms. The van der Waals surface area contributed by atoms with E-state index in [4.69, 9.17) is 9.47 Å². The molecule has 2 bridgehead atoms. The van der Waals surface area contributed by atoms with Gasteiger partial charge in [0.25, 0.3) is 0 Å². The van der Waals surface area contributed by atoms with E-state index < -0.39 is 5.72 Å². The first-order valence-corrected chi connectivity index (χ1v) is 6.64. The number of carbonyl (C=O) groups excluding carboxylic acids is 1. The third-order valence-electron chi connectivity index (χ3n) is 3.94. The summed E-state index contributed by atoms with van der Waals surface area (Å²) in [7, 11) is 1.62. The summed E-state index contributed by atoms with van der Waals surface area (Å²) in [6.07, 6.45) is 2.40. The van der Waals surface area contributed by atoms with Gasteiger partial charge < -0.3 is 14.8 Å². The molecule has 5 heteroatoms. The van der Waals surface area contributed by atoms with Crippen molar-refractivity contribution >= 4 is 6.03 Å². The lowest BCUT2D eigenvalue weighted by Crippen LogP contribution is -2.64. The molecule has 106 valence electrons. The minimum Gasteiger partial charge on any atom is -0.493 e. The lowest BCUT2D eigenvalue weighted by molar-refractivity contribution is -0.0801. The van der Waals surface area contributed by atoms with E-state index in [1.165, 1.54) is 0 Å². The van der Waals surface area contributed by atoms with Crippen LogP contribution in [0.3, 0.4) is 0 Å². The largest absolute Gasteiger partial charge is 0.493 e. The smallest absolute Gasteiger partial charge is 0.321 e. The normalized spacial score (nSPS) is 27.2. The number of hydrogen-bond donors (Lipinski definition) is 1. The van der Waals surface area contributed by atoms with Gasteiger partial charge in [-0.3, -0.25) is 4.90 Å². The van der Waals surface area contributed by atoms with Crippen molar-refractivity contribution in [1.82, 2.24) is 10.2 Å². The first-order valence-electron chi connectivity index (χ1n) is 6.64. The number of para-hydroxylation sites is 1. The van der Waals surface area contributed by atoms with Gasteiger partial charge in [-0.2, -0.15) is 0 Å². The number of nitrogens with one attached hydrogen (secondary N) is 1. The van der Waals surface area contributed by atoms with Crippen LogP contribution in [0, 0.1) is 0 Å². The first-order chi connectivity index (χ1) is 9.59. The summed E-state index contributed by atoms with van der Waals surface area (Å²) >= 11 is 0. The number of nitrogens with zero attached hydrogens (tertiary/aromatic N) is 1. The summed E-state index contributed by atoms with van der Waals surface area (Å²) < 4.78 is 11.5. The molecule has 2 heterocycles. The maximum atomic E-state index is 12.2. The van der Waals surface area contributed by atoms with E-state index in [9.17, 15) is 4.79 Å². The van der Waals surface area contributed by atoms with Crippen LogP contribution >= 0.6 is 0 Å². The van der Waals surface area contributed by atoms with Crippen molar-refractivity contribution in [3.63, 3.8) is 0 Å². The Morgan fingerprint density at radius 3 is 3.15 bits per heavy atom. The minimum atomic E-state index is -0.678. The highest BCUT2D eigenvalue weighted by atomic mass is 16.5. The van der Waals surface area contributed by atoms with E-state index >= 15 is 0 Å². The molecule has 5 nitrogen and oxygen atoms in total. The van der Waals surface area contributed by atoms with Crippen LogP contribution in [-0.2, 0) is 0 Å². The average molecular weight is 274 g/mol. The summed E-state index contributed by atoms with van der Waals surface area (Å²) in [5.41, 5.74) is 0.288. The third-order valence-corrected chi connectivity index (χ3v) is 3.94. The van der Waals surface area contributed by atoms with E-state index in [-0.39, 0.29) is 12.1 Å². The Balaban J connectivity index is 2.08. The average Bonchev–Trinajstić information content (AvgIpc) is 2.42. The Hall–Kier alpha value is -2.17. The molecular formula is C15H18N2O3. The fourth-order valence-corrected chi connectivity index (χ4v) is 2.97. The Morgan fingerprint density at radius 1 is 1.65 bits per heavy atom. The number of benzene rings is 1. The lowest BCUT2D eigenvalue weighted by Gasteiger charge is -2.50. The van der Waals surface area contributed by atoms with Crippen LogP contribution in [0.2, 0.25) is 0 Å². The summed E-state index contributed by atoms with van der Waals surface area (Å²) in [5.74, 6) is 1.40. The Labute approximate surface area is 118 Å². The topological polar surface area (TPSA) is 50.8 Å². The fourth-order valence-electron chi connectivity index (χ4n) is 2.97. The van der Waals surface area contributed by atoms with Gasteiger partial charge in [-0.1, -0.05) is 18.2 Å². The molecule has 1 saturated heterocycles. The molecule has 2 aliphatic heterocycles. The maximum Gasteiger partial charge on any atom is 0.321 e. The van der Waals surface area contributed by atoms with Gasteiger partial charge in [0.2, 0.25) is 0 Å². The second-order valence-electron chi connectivity index (χ2n) is 5.26. The van der Waals surface area contributed by atoms with Crippen LogP contribution in [0.1, 0.15) is 24.9 Å². The van der Waals surface area contributed by atoms with Crippen LogP contribution in [0.5, 0.6) is 11.5 Å². The first kappa shape index (κ1) is 12.8. The molecule has 2 atom stereocenters. The van der Waals surface area contributed by atoms with Crippen molar-refractivity contribution in [3.8, 4) is 11.5 Å². The van der Waals surface area contributed by atoms with Crippen LogP contribution in [0.15, 0.2) is 30.9 Å². The molecule has 0 aromatic heterocycles. The van der Waals surface area contributed by atoms with E-state index in [1.54, 1.807) is 18.1 Å². The molecule has 1 fully saturated rings. The fraction of sp³-hybridized carbons (Fsp3) is 0.400. The molecule has 1 aromatic rings. The van der Waals surface area contributed by atoms with Crippen LogP contribution < -0.4 is 14.8 Å². The van der Waals surface area contributed by atoms with Crippen molar-refractivity contribution in [2.45, 2.75) is 25.1 Å². The van der Waals surface area contributed by atoms with Gasteiger partial charge in [0.05, 0.1) is 13.2 Å². The highest BCUT2D eigenvalue weighted by Crippen LogP contribution is 2.47. The summed E-state index contributed by atoms with van der Waals surface area (Å²) in [5, 5.41) is 3.02. The highest BCUT2D eigenvalue weighted by Gasteiger charge is 2.49. The molecule has 1 N–H and O–H groups in total. The standard InChI is InChI=1S/C15H18N2O3/c1-4-8-17-14(18)16-11-9-15(17,2)20-13-10(11)6-5-7-12(13)19-3/h4-7,11H,1,8-9H2,2-3H3,(H,16,18). The molecular weight excluding hydrogens is 256 g/mol. The zero-order valence-corrected chi connectivity index (χ0v) is 11.7. The molecule has 0 radical (unpaired) electrons. The molecule has 0 saturated carbocycles. The molecule has 0 aliphatic carbocycles. The predicted molar refractivity (Wildman–Crippen MR) is 74.8 cm³/mol. The Kier molecular flexibility index (Phi) is 2.85. The maximum absolute atomic E-state index is 12.2. The molecule has 2 aliphatic rings. The number of methoxy groups -OCH3 is 1. The molecule has 0 spiro atoms. The van der Waals surface area contributed by atoms with Gasteiger partial charge in [0, 0.05) is 18.5 Å². The van der Waals surface area contributed by atoms with Crippen LogP contribution in [0.25, 0.3) is 0 Å². The molecule has 3 rings (SSSR count). The minimum absolute atomic E-state index is 0.0487. The number of fused-ring (bicyclic) bond motifs is 4. The van der Waals surface area contributed by atoms with Gasteiger partial charge >= 0.3 is 6.03 Å². The summed E-state index contributed by atoms with van der Waals surface area (Å²) in [6, 6.07) is 5.56. The zero-order valence-electron chi connectivity index (χ0n) is 11.7. The van der Waals surface area contributed by atoms with E-state index in [0.29, 0.717) is 24.5 Å².